The summed E-state index contributed by atoms with van der Waals surface area (Å²) in [7, 11) is 0. The van der Waals surface area contributed by atoms with Crippen LogP contribution in [0.1, 0.15) is 32.9 Å². The van der Waals surface area contributed by atoms with Crippen LogP contribution >= 0.6 is 0 Å². The van der Waals surface area contributed by atoms with Crippen molar-refractivity contribution < 1.29 is 49.0 Å². The fraction of sp³-hybridized carbons (Fsp3) is 0.289. The van der Waals surface area contributed by atoms with E-state index in [0.717, 1.165) is 4.68 Å². The normalized spacial score (nSPS) is 19.2. The van der Waals surface area contributed by atoms with Gasteiger partial charge in [0.2, 0.25) is 0 Å². The third-order valence-electron chi connectivity index (χ3n) is 8.93. The van der Waals surface area contributed by atoms with Gasteiger partial charge in [-0.15, -0.1) is 5.10 Å². The number of aromatic nitrogens is 6. The number of para-hydroxylation sites is 2. The van der Waals surface area contributed by atoms with Gasteiger partial charge in [0.15, 0.2) is 6.23 Å². The molecule has 0 spiro atoms. The van der Waals surface area contributed by atoms with Crippen molar-refractivity contribution in [3.05, 3.63) is 96.1 Å². The van der Waals surface area contributed by atoms with Crippen molar-refractivity contribution in [1.29, 1.82) is 0 Å². The monoisotopic (exact) mass is 796 g/mol. The second kappa shape index (κ2) is 17.8. The van der Waals surface area contributed by atoms with Crippen molar-refractivity contribution in [2.45, 2.75) is 37.3 Å². The molecule has 5 atom stereocenters. The molecular formula is C38H40N10O10. The number of carbonyl (C=O) groups is 2. The number of hydrogen-bond donors (Lipinski definition) is 8. The average molecular weight is 797 g/mol. The number of aliphatic hydroxyl groups excluding tert-OH is 4. The topological polar surface area (TPSA) is 297 Å². The van der Waals surface area contributed by atoms with Gasteiger partial charge in [-0.3, -0.25) is 9.59 Å². The summed E-state index contributed by atoms with van der Waals surface area (Å²) in [5.41, 5.74) is 12.2. The zero-order valence-corrected chi connectivity index (χ0v) is 30.7. The Balaban J connectivity index is 1.17. The molecule has 0 saturated carbocycles. The highest BCUT2D eigenvalue weighted by molar-refractivity contribution is 6.07. The molecule has 6 aromatic rings. The number of benzene rings is 2. The molecule has 0 unspecified atom stereocenters. The summed E-state index contributed by atoms with van der Waals surface area (Å²) in [6, 6.07) is 20.2. The molecule has 10 N–H and O–H groups in total. The molecule has 302 valence electrons. The number of anilines is 2. The minimum absolute atomic E-state index is 0.0320. The Hall–Kier alpha value is -6.39. The minimum atomic E-state index is -1.63. The molecule has 0 bridgehead atoms. The van der Waals surface area contributed by atoms with E-state index in [1.807, 2.05) is 24.3 Å². The Labute approximate surface area is 329 Å². The molecule has 1 saturated heterocycles. The molecule has 20 nitrogen and oxygen atoms in total. The maximum Gasteiger partial charge on any atom is 0.275 e. The van der Waals surface area contributed by atoms with E-state index in [1.54, 1.807) is 36.4 Å². The fourth-order valence-electron chi connectivity index (χ4n) is 6.14. The minimum Gasteiger partial charge on any atom is -0.491 e. The lowest BCUT2D eigenvalue weighted by atomic mass is 9.98. The molecule has 20 heteroatoms. The zero-order chi connectivity index (χ0) is 40.8. The number of carbonyl (C=O) groups excluding carboxylic acids is 2. The second-order valence-corrected chi connectivity index (χ2v) is 13.0. The van der Waals surface area contributed by atoms with Crippen LogP contribution in [0.4, 0.5) is 11.6 Å². The van der Waals surface area contributed by atoms with Gasteiger partial charge in [-0.25, -0.2) is 19.6 Å². The van der Waals surface area contributed by atoms with Crippen LogP contribution in [0.15, 0.2) is 79.0 Å². The summed E-state index contributed by atoms with van der Waals surface area (Å²) in [6.45, 7) is 0.0982. The Kier molecular flexibility index (Phi) is 12.2. The predicted octanol–water partition coefficient (Wildman–Crippen LogP) is 0.501. The number of amides is 2. The first-order valence-corrected chi connectivity index (χ1v) is 18.1. The van der Waals surface area contributed by atoms with Crippen LogP contribution in [0.3, 0.4) is 0 Å². The molecule has 1 fully saturated rings. The van der Waals surface area contributed by atoms with E-state index < -0.39 is 49.1 Å². The molecule has 2 aromatic carbocycles. The van der Waals surface area contributed by atoms with Crippen molar-refractivity contribution >= 4 is 45.3 Å². The molecule has 5 heterocycles. The first-order chi connectivity index (χ1) is 28.1. The molecule has 2 amide bonds. The molecule has 0 aliphatic carbocycles. The molecule has 1 aliphatic rings. The van der Waals surface area contributed by atoms with E-state index in [4.69, 9.17) is 30.4 Å². The highest BCUT2D eigenvalue weighted by Gasteiger charge is 2.44. The summed E-state index contributed by atoms with van der Waals surface area (Å²) in [6.07, 6.45) is -5.88. The van der Waals surface area contributed by atoms with E-state index in [9.17, 15) is 30.0 Å². The highest BCUT2D eigenvalue weighted by Crippen LogP contribution is 2.31. The molecule has 58 heavy (non-hydrogen) atoms. The van der Waals surface area contributed by atoms with E-state index in [0.29, 0.717) is 33.3 Å². The van der Waals surface area contributed by atoms with E-state index in [1.165, 1.54) is 18.3 Å². The van der Waals surface area contributed by atoms with E-state index >= 15 is 0 Å². The number of ether oxygens (including phenoxy) is 4. The first kappa shape index (κ1) is 39.8. The van der Waals surface area contributed by atoms with Crippen molar-refractivity contribution in [1.82, 2.24) is 29.9 Å². The number of aliphatic hydroxyl groups is 4. The van der Waals surface area contributed by atoms with Crippen LogP contribution in [0, 0.1) is 0 Å². The Bertz CT molecular complexity index is 2290. The van der Waals surface area contributed by atoms with Crippen molar-refractivity contribution in [3.63, 3.8) is 0 Å². The van der Waals surface area contributed by atoms with Gasteiger partial charge in [0.05, 0.1) is 23.8 Å². The van der Waals surface area contributed by atoms with Crippen molar-refractivity contribution in [2.75, 3.05) is 43.5 Å². The maximum absolute atomic E-state index is 13.8. The molecule has 1 aliphatic heterocycles. The zero-order valence-electron chi connectivity index (χ0n) is 30.7. The summed E-state index contributed by atoms with van der Waals surface area (Å²) >= 11 is 0. The Morgan fingerprint density at radius 1 is 0.741 bits per heavy atom. The quantitative estimate of drug-likeness (QED) is 0.0702. The Morgan fingerprint density at radius 3 is 1.83 bits per heavy atom. The van der Waals surface area contributed by atoms with E-state index in [2.05, 4.69) is 35.9 Å². The lowest BCUT2D eigenvalue weighted by molar-refractivity contribution is -0.254. The van der Waals surface area contributed by atoms with Gasteiger partial charge < -0.3 is 61.5 Å². The summed E-state index contributed by atoms with van der Waals surface area (Å²) in [4.78, 5) is 41.1. The van der Waals surface area contributed by atoms with Gasteiger partial charge in [-0.05, 0) is 24.3 Å². The van der Waals surface area contributed by atoms with Crippen LogP contribution in [-0.2, 0) is 11.3 Å². The molecule has 4 aromatic heterocycles. The SMILES string of the molecule is NCCOc1cc(NC(=O)c2cc(OCc3cn([C@@H]4O[C@H](CO)[C@@H](O)[C@H](O)[C@H]4O)nn3)cc(C(=O)Nc3cc(OCCN)c4ccccc4n3)n2)nc2ccccc12. The van der Waals surface area contributed by atoms with Crippen LogP contribution in [0.25, 0.3) is 21.8 Å². The summed E-state index contributed by atoms with van der Waals surface area (Å²) < 4.78 is 24.3. The molecular weight excluding hydrogens is 756 g/mol. The van der Waals surface area contributed by atoms with Crippen LogP contribution in [0.5, 0.6) is 17.2 Å². The highest BCUT2D eigenvalue weighted by atomic mass is 16.6. The smallest absolute Gasteiger partial charge is 0.275 e. The predicted molar refractivity (Wildman–Crippen MR) is 206 cm³/mol. The van der Waals surface area contributed by atoms with E-state index in [-0.39, 0.29) is 67.4 Å². The Morgan fingerprint density at radius 2 is 1.29 bits per heavy atom. The van der Waals surface area contributed by atoms with Gasteiger partial charge in [0, 0.05) is 48.1 Å². The number of rotatable bonds is 15. The number of hydrogen-bond acceptors (Lipinski definition) is 17. The largest absolute Gasteiger partial charge is 0.491 e. The van der Waals surface area contributed by atoms with Gasteiger partial charge in [-0.1, -0.05) is 29.5 Å². The van der Waals surface area contributed by atoms with Crippen LogP contribution < -0.4 is 36.3 Å². The third kappa shape index (κ3) is 8.77. The fourth-order valence-corrected chi connectivity index (χ4v) is 6.14. The maximum atomic E-state index is 13.8. The number of nitrogens with two attached hydrogens (primary N) is 2. The number of pyridine rings is 3. The van der Waals surface area contributed by atoms with Gasteiger partial charge in [0.1, 0.15) is 90.2 Å². The lowest BCUT2D eigenvalue weighted by Gasteiger charge is -2.39. The lowest BCUT2D eigenvalue weighted by Crippen LogP contribution is -2.56. The average Bonchev–Trinajstić information content (AvgIpc) is 3.72. The summed E-state index contributed by atoms with van der Waals surface area (Å²) in [5, 5.41) is 55.3. The third-order valence-corrected chi connectivity index (χ3v) is 8.93. The van der Waals surface area contributed by atoms with Crippen molar-refractivity contribution in [2.24, 2.45) is 11.5 Å². The standard InChI is InChI=1S/C38H40N10O10/c39-9-11-55-28-15-31(42-24-7-3-1-5-22(24)28)44-36(53)26-13-21(57-19-20-17-48(47-46-20)38-35(52)34(51)33(50)30(18-49)58-38)14-27(41-26)37(54)45-32-16-29(56-12-10-40)23-6-2-4-8-25(23)43-32/h1-8,13-17,30,33-35,38,49-52H,9-12,18-19,39-40H2,(H,42,44,53)(H,43,45,54)/t30-,33-,34+,35-,38-/m1/s1. The first-order valence-electron chi connectivity index (χ1n) is 18.1. The van der Waals surface area contributed by atoms with Crippen LogP contribution in [-0.4, -0.2) is 120 Å². The number of nitrogens with zero attached hydrogens (tertiary/aromatic N) is 6. The second-order valence-electron chi connectivity index (χ2n) is 13.0. The number of nitrogens with one attached hydrogen (secondary N) is 2. The van der Waals surface area contributed by atoms with Gasteiger partial charge in [0.25, 0.3) is 11.8 Å². The molecule has 7 rings (SSSR count). The van der Waals surface area contributed by atoms with Crippen molar-refractivity contribution in [3.8, 4) is 17.2 Å². The molecule has 0 radical (unpaired) electrons. The summed E-state index contributed by atoms with van der Waals surface area (Å²) in [5.74, 6) is -0.250. The van der Waals surface area contributed by atoms with Crippen LogP contribution in [0.2, 0.25) is 0 Å². The number of fused-ring (bicyclic) bond motifs is 2. The van der Waals surface area contributed by atoms with Gasteiger partial charge >= 0.3 is 0 Å². The van der Waals surface area contributed by atoms with Gasteiger partial charge in [-0.2, -0.15) is 0 Å².